The highest BCUT2D eigenvalue weighted by Gasteiger charge is 2.56. The summed E-state index contributed by atoms with van der Waals surface area (Å²) in [5, 5.41) is 5.03. The Morgan fingerprint density at radius 2 is 1.84 bits per heavy atom. The third-order valence-electron chi connectivity index (χ3n) is 11.7. The molecule has 55 heavy (non-hydrogen) atoms. The lowest BCUT2D eigenvalue weighted by Crippen LogP contribution is -2.70. The average Bonchev–Trinajstić information content (AvgIpc) is 4.05. The molecule has 0 radical (unpaired) electrons. The van der Waals surface area contributed by atoms with E-state index >= 15 is 0 Å². The molecule has 3 saturated carbocycles. The highest BCUT2D eigenvalue weighted by atomic mass is 32.2. The molecular formula is C39H52N6O9S. The van der Waals surface area contributed by atoms with E-state index in [0.29, 0.717) is 54.0 Å². The van der Waals surface area contributed by atoms with E-state index in [1.54, 1.807) is 13.2 Å². The molecule has 16 heteroatoms. The van der Waals surface area contributed by atoms with Crippen LogP contribution in [0, 0.1) is 17.3 Å². The van der Waals surface area contributed by atoms with Crippen LogP contribution in [-0.4, -0.2) is 95.8 Å². The third kappa shape index (κ3) is 8.10. The van der Waals surface area contributed by atoms with Crippen LogP contribution in [0.15, 0.2) is 30.9 Å². The number of aryl methyl sites for hydroxylation is 1. The lowest BCUT2D eigenvalue weighted by Gasteiger charge is -2.47. The maximum Gasteiger partial charge on any atom is 0.408 e. The quantitative estimate of drug-likeness (QED) is 0.347. The first-order chi connectivity index (χ1) is 26.1. The maximum absolute atomic E-state index is 14.7. The number of benzene rings is 1. The Morgan fingerprint density at radius 3 is 2.51 bits per heavy atom. The van der Waals surface area contributed by atoms with Gasteiger partial charge in [0.25, 0.3) is 5.91 Å². The predicted octanol–water partition coefficient (Wildman–Crippen LogP) is 3.69. The number of ether oxygens (including phenoxy) is 3. The van der Waals surface area contributed by atoms with Crippen LogP contribution >= 0.6 is 0 Å². The lowest BCUT2D eigenvalue weighted by atomic mass is 9.66. The van der Waals surface area contributed by atoms with Gasteiger partial charge in [0.15, 0.2) is 0 Å². The number of methoxy groups -OCH3 is 1. The summed E-state index contributed by atoms with van der Waals surface area (Å²) < 4.78 is 45.7. The molecule has 2 aliphatic heterocycles. The van der Waals surface area contributed by atoms with Gasteiger partial charge in [0.2, 0.25) is 27.7 Å². The number of alkyl carbamates (subject to hydrolysis) is 1. The number of amides is 4. The molecule has 1 saturated heterocycles. The van der Waals surface area contributed by atoms with Gasteiger partial charge in [0.05, 0.1) is 29.9 Å². The fourth-order valence-corrected chi connectivity index (χ4v) is 9.38. The maximum atomic E-state index is 14.7. The summed E-state index contributed by atoms with van der Waals surface area (Å²) in [6, 6.07) is 3.20. The highest BCUT2D eigenvalue weighted by Crippen LogP contribution is 2.42. The summed E-state index contributed by atoms with van der Waals surface area (Å²) in [6.45, 7) is 9.25. The van der Waals surface area contributed by atoms with Gasteiger partial charge >= 0.3 is 6.09 Å². The number of hydrogen-bond acceptors (Lipinski definition) is 11. The minimum absolute atomic E-state index is 0.0245. The highest BCUT2D eigenvalue weighted by molar-refractivity contribution is 7.91. The molecule has 298 valence electrons. The van der Waals surface area contributed by atoms with Crippen molar-refractivity contribution in [1.82, 2.24) is 30.2 Å². The van der Waals surface area contributed by atoms with Crippen LogP contribution in [0.25, 0.3) is 11.0 Å². The van der Waals surface area contributed by atoms with Crippen LogP contribution in [0.5, 0.6) is 11.6 Å². The second-order valence-electron chi connectivity index (χ2n) is 16.8. The van der Waals surface area contributed by atoms with Crippen LogP contribution < -0.4 is 24.8 Å². The van der Waals surface area contributed by atoms with Gasteiger partial charge in [-0.15, -0.1) is 6.58 Å². The van der Waals surface area contributed by atoms with Crippen molar-refractivity contribution < 1.29 is 41.8 Å². The molecule has 4 amide bonds. The van der Waals surface area contributed by atoms with Gasteiger partial charge in [0.1, 0.15) is 41.3 Å². The van der Waals surface area contributed by atoms with Crippen LogP contribution in [0.4, 0.5) is 4.79 Å². The summed E-state index contributed by atoms with van der Waals surface area (Å²) in [4.78, 5) is 67.3. The van der Waals surface area contributed by atoms with E-state index in [2.05, 4.69) is 21.9 Å². The molecule has 15 nitrogen and oxygen atoms in total. The Morgan fingerprint density at radius 1 is 1.05 bits per heavy atom. The predicted molar refractivity (Wildman–Crippen MR) is 201 cm³/mol. The minimum atomic E-state index is -3.92. The van der Waals surface area contributed by atoms with Crippen molar-refractivity contribution in [2.75, 3.05) is 13.7 Å². The van der Waals surface area contributed by atoms with E-state index in [4.69, 9.17) is 24.2 Å². The van der Waals surface area contributed by atoms with Crippen molar-refractivity contribution >= 4 is 44.9 Å². The van der Waals surface area contributed by atoms with Gasteiger partial charge in [-0.1, -0.05) is 39.7 Å². The fourth-order valence-electron chi connectivity index (χ4n) is 8.02. The van der Waals surface area contributed by atoms with E-state index in [1.807, 2.05) is 32.9 Å². The normalized spacial score (nSPS) is 30.1. The Labute approximate surface area is 321 Å². The molecular weight excluding hydrogens is 729 g/mol. The topological polar surface area (TPSA) is 195 Å². The SMILES string of the molecule is C=C[C@@H]1CC[C@]1(NC(=O)C1C[C@@H]2CN1C(=O)[C@H](C(C)(C)C)NC(=O)O[C@@H]1CC1CCCCCc1nc3ccc(OC)cc3nc1O2)C(=O)NS(=O)(=O)C1CC1. The van der Waals surface area contributed by atoms with Gasteiger partial charge in [-0.3, -0.25) is 19.1 Å². The standard InChI is InChI=1S/C39H52N6O9S/c1-6-23-16-17-39(23,36(48)44-55(50,51)26-13-14-26)43-33(46)30-20-25-21-45(30)35(47)32(38(2,3)4)42-37(49)54-31-18-22(31)10-8-7-9-11-28-34(53-25)41-29-19-24(52-5)12-15-27(29)40-28/h6,12,15,19,22-23,25-26,30-32H,1,7-11,13-14,16-18,20-21H2,2-5H3,(H,42,49)(H,43,46)(H,44,48)/t22?,23-,25-,30?,31-,32-,39-/m1/s1. The molecule has 1 aromatic heterocycles. The number of carbonyl (C=O) groups excluding carboxylic acids is 4. The summed E-state index contributed by atoms with van der Waals surface area (Å²) >= 11 is 0. The van der Waals surface area contributed by atoms with Crippen LogP contribution in [-0.2, 0) is 35.6 Å². The fraction of sp³-hybridized carbons (Fsp3) is 0.641. The van der Waals surface area contributed by atoms with E-state index in [-0.39, 0.29) is 31.4 Å². The zero-order valence-corrected chi connectivity index (χ0v) is 32.8. The summed E-state index contributed by atoms with van der Waals surface area (Å²) in [7, 11) is -2.35. The van der Waals surface area contributed by atoms with Crippen molar-refractivity contribution in [3.63, 3.8) is 0 Å². The summed E-state index contributed by atoms with van der Waals surface area (Å²) in [5.74, 6) is -1.39. The van der Waals surface area contributed by atoms with Crippen LogP contribution in [0.1, 0.15) is 90.7 Å². The first kappa shape index (κ1) is 38.8. The van der Waals surface area contributed by atoms with E-state index in [1.165, 1.54) is 11.0 Å². The number of hydrogen-bond donors (Lipinski definition) is 3. The van der Waals surface area contributed by atoms with Gasteiger partial charge in [-0.2, -0.15) is 0 Å². The number of rotatable bonds is 7. The molecule has 1 aromatic carbocycles. The van der Waals surface area contributed by atoms with E-state index in [9.17, 15) is 27.6 Å². The number of aromatic nitrogens is 2. The van der Waals surface area contributed by atoms with Crippen LogP contribution in [0.3, 0.4) is 0 Å². The largest absolute Gasteiger partial charge is 0.497 e. The van der Waals surface area contributed by atoms with Crippen LogP contribution in [0.2, 0.25) is 0 Å². The minimum Gasteiger partial charge on any atom is -0.497 e. The zero-order chi connectivity index (χ0) is 39.3. The molecule has 3 N–H and O–H groups in total. The molecule has 0 spiro atoms. The Bertz CT molecular complexity index is 1980. The second kappa shape index (κ2) is 14.9. The third-order valence-corrected chi connectivity index (χ3v) is 13.5. The number of nitrogens with zero attached hydrogens (tertiary/aromatic N) is 3. The molecule has 3 heterocycles. The molecule has 2 aromatic rings. The van der Waals surface area contributed by atoms with E-state index < -0.39 is 74.1 Å². The first-order valence-corrected chi connectivity index (χ1v) is 21.0. The Balaban J connectivity index is 1.23. The van der Waals surface area contributed by atoms with Gasteiger partial charge < -0.3 is 29.7 Å². The van der Waals surface area contributed by atoms with Gasteiger partial charge in [-0.25, -0.2) is 23.2 Å². The molecule has 3 aliphatic carbocycles. The number of sulfonamides is 1. The first-order valence-electron chi connectivity index (χ1n) is 19.4. The van der Waals surface area contributed by atoms with Crippen molar-refractivity contribution in [2.45, 2.75) is 126 Å². The van der Waals surface area contributed by atoms with Crippen molar-refractivity contribution in [3.8, 4) is 11.6 Å². The molecule has 4 fully saturated rings. The van der Waals surface area contributed by atoms with Crippen molar-refractivity contribution in [2.24, 2.45) is 17.3 Å². The van der Waals surface area contributed by atoms with E-state index in [0.717, 1.165) is 32.1 Å². The molecule has 7 atom stereocenters. The summed E-state index contributed by atoms with van der Waals surface area (Å²) in [6.07, 6.45) is 6.50. The Hall–Kier alpha value is -4.47. The number of fused-ring (bicyclic) bond motifs is 5. The lowest BCUT2D eigenvalue weighted by molar-refractivity contribution is -0.145. The number of nitrogens with one attached hydrogen (secondary N) is 3. The second-order valence-corrected chi connectivity index (χ2v) is 18.8. The summed E-state index contributed by atoms with van der Waals surface area (Å²) in [5.41, 5.74) is -0.478. The zero-order valence-electron chi connectivity index (χ0n) is 32.0. The van der Waals surface area contributed by atoms with Gasteiger partial charge in [-0.05, 0) is 74.8 Å². The van der Waals surface area contributed by atoms with Crippen molar-refractivity contribution in [1.29, 1.82) is 0 Å². The molecule has 5 aliphatic rings. The Kier molecular flexibility index (Phi) is 10.5. The van der Waals surface area contributed by atoms with Crippen molar-refractivity contribution in [3.05, 3.63) is 36.5 Å². The average molecular weight is 781 g/mol. The number of carbonyl (C=O) groups is 4. The molecule has 2 bridgehead atoms. The monoisotopic (exact) mass is 780 g/mol. The molecule has 7 rings (SSSR count). The smallest absolute Gasteiger partial charge is 0.408 e. The van der Waals surface area contributed by atoms with Gasteiger partial charge in [0, 0.05) is 18.4 Å². The molecule has 2 unspecified atom stereocenters.